The second-order valence-electron chi connectivity index (χ2n) is 7.24. The summed E-state index contributed by atoms with van der Waals surface area (Å²) in [6.07, 6.45) is 0. The van der Waals surface area contributed by atoms with Crippen LogP contribution in [-0.2, 0) is 17.8 Å². The van der Waals surface area contributed by atoms with E-state index in [1.165, 1.54) is 0 Å². The van der Waals surface area contributed by atoms with Crippen molar-refractivity contribution in [3.05, 3.63) is 77.1 Å². The van der Waals surface area contributed by atoms with Crippen molar-refractivity contribution < 1.29 is 9.47 Å². The summed E-state index contributed by atoms with van der Waals surface area (Å²) >= 11 is 0. The third-order valence-electron chi connectivity index (χ3n) is 4.81. The van der Waals surface area contributed by atoms with Gasteiger partial charge in [0.2, 0.25) is 0 Å². The Morgan fingerprint density at radius 3 is 2.55 bits per heavy atom. The molecule has 0 fully saturated rings. The van der Waals surface area contributed by atoms with Crippen LogP contribution < -0.4 is 15.4 Å². The number of benzene rings is 2. The number of aliphatic imine (C=N–C) groups is 1. The van der Waals surface area contributed by atoms with Crippen LogP contribution in [0.25, 0.3) is 5.69 Å². The predicted molar refractivity (Wildman–Crippen MR) is 124 cm³/mol. The van der Waals surface area contributed by atoms with Gasteiger partial charge in [-0.1, -0.05) is 30.3 Å². The molecule has 0 aliphatic rings. The fourth-order valence-corrected chi connectivity index (χ4v) is 3.31. The molecule has 2 N–H and O–H groups in total. The molecule has 0 radical (unpaired) electrons. The van der Waals surface area contributed by atoms with Crippen molar-refractivity contribution in [2.45, 2.75) is 26.9 Å². The Morgan fingerprint density at radius 1 is 1.00 bits per heavy atom. The van der Waals surface area contributed by atoms with Crippen LogP contribution in [0.5, 0.6) is 5.75 Å². The van der Waals surface area contributed by atoms with Gasteiger partial charge in [0.05, 0.1) is 18.0 Å². The largest absolute Gasteiger partial charge is 0.491 e. The number of nitrogens with one attached hydrogen (secondary N) is 2. The van der Waals surface area contributed by atoms with Crippen molar-refractivity contribution in [1.82, 2.24) is 20.4 Å². The van der Waals surface area contributed by atoms with Crippen LogP contribution in [0.2, 0.25) is 0 Å². The fraction of sp³-hybridized carbons (Fsp3) is 0.333. The number of para-hydroxylation sites is 1. The molecule has 7 heteroatoms. The molecule has 0 aliphatic heterocycles. The van der Waals surface area contributed by atoms with Crippen molar-refractivity contribution in [3.8, 4) is 11.4 Å². The van der Waals surface area contributed by atoms with Gasteiger partial charge in [-0.2, -0.15) is 5.10 Å². The van der Waals surface area contributed by atoms with Crippen molar-refractivity contribution >= 4 is 5.96 Å². The lowest BCUT2D eigenvalue weighted by molar-refractivity contribution is 0.146. The zero-order valence-electron chi connectivity index (χ0n) is 18.7. The summed E-state index contributed by atoms with van der Waals surface area (Å²) < 4.78 is 12.7. The minimum absolute atomic E-state index is 0.533. The van der Waals surface area contributed by atoms with Gasteiger partial charge in [-0.3, -0.25) is 4.99 Å². The van der Waals surface area contributed by atoms with E-state index in [1.807, 2.05) is 41.9 Å². The zero-order chi connectivity index (χ0) is 22.1. The first kappa shape index (κ1) is 22.4. The predicted octanol–water partition coefficient (Wildman–Crippen LogP) is 3.38. The minimum atomic E-state index is 0.533. The highest BCUT2D eigenvalue weighted by Crippen LogP contribution is 2.17. The van der Waals surface area contributed by atoms with Gasteiger partial charge >= 0.3 is 0 Å². The summed E-state index contributed by atoms with van der Waals surface area (Å²) in [5.74, 6) is 1.56. The van der Waals surface area contributed by atoms with Crippen molar-refractivity contribution in [3.63, 3.8) is 0 Å². The van der Waals surface area contributed by atoms with E-state index in [9.17, 15) is 0 Å². The maximum Gasteiger partial charge on any atom is 0.191 e. The Kier molecular flexibility index (Phi) is 8.06. The summed E-state index contributed by atoms with van der Waals surface area (Å²) in [4.78, 5) is 4.35. The number of hydrogen-bond donors (Lipinski definition) is 2. The maximum atomic E-state index is 5.69. The monoisotopic (exact) mass is 421 g/mol. The lowest BCUT2D eigenvalue weighted by Gasteiger charge is -2.15. The Hall–Kier alpha value is -3.32. The van der Waals surface area contributed by atoms with E-state index in [2.05, 4.69) is 51.9 Å². The van der Waals surface area contributed by atoms with E-state index < -0.39 is 0 Å². The third kappa shape index (κ3) is 6.33. The molecule has 0 spiro atoms. The molecule has 1 heterocycles. The molecule has 0 bridgehead atoms. The smallest absolute Gasteiger partial charge is 0.191 e. The number of nitrogens with zero attached hydrogens (tertiary/aromatic N) is 3. The summed E-state index contributed by atoms with van der Waals surface area (Å²) in [6, 6.07) is 18.4. The number of rotatable bonds is 9. The minimum Gasteiger partial charge on any atom is -0.491 e. The van der Waals surface area contributed by atoms with Crippen LogP contribution in [-0.4, -0.2) is 43.1 Å². The highest BCUT2D eigenvalue weighted by Gasteiger charge is 2.09. The van der Waals surface area contributed by atoms with Gasteiger partial charge in [0, 0.05) is 32.9 Å². The van der Waals surface area contributed by atoms with Crippen LogP contribution in [0, 0.1) is 13.8 Å². The van der Waals surface area contributed by atoms with E-state index in [0.717, 1.165) is 39.9 Å². The normalized spacial score (nSPS) is 11.4. The molecule has 7 nitrogen and oxygen atoms in total. The SMILES string of the molecule is CN=C(NCc1cccc(OCCOC)c1)NCc1ccccc1-n1nc(C)cc1C. The number of methoxy groups -OCH3 is 1. The first-order chi connectivity index (χ1) is 15.1. The van der Waals surface area contributed by atoms with Gasteiger partial charge in [0.1, 0.15) is 12.4 Å². The maximum absolute atomic E-state index is 5.69. The Morgan fingerprint density at radius 2 is 1.81 bits per heavy atom. The molecule has 164 valence electrons. The molecule has 31 heavy (non-hydrogen) atoms. The van der Waals surface area contributed by atoms with E-state index in [1.54, 1.807) is 14.2 Å². The summed E-state index contributed by atoms with van der Waals surface area (Å²) in [7, 11) is 3.44. The lowest BCUT2D eigenvalue weighted by Crippen LogP contribution is -2.36. The molecule has 2 aromatic carbocycles. The average Bonchev–Trinajstić information content (AvgIpc) is 3.12. The second-order valence-corrected chi connectivity index (χ2v) is 7.24. The van der Waals surface area contributed by atoms with Crippen molar-refractivity contribution in [2.75, 3.05) is 27.4 Å². The number of aromatic nitrogens is 2. The number of guanidine groups is 1. The molecule has 0 aliphatic carbocycles. The number of hydrogen-bond acceptors (Lipinski definition) is 4. The van der Waals surface area contributed by atoms with Gasteiger partial charge in [-0.25, -0.2) is 4.68 Å². The summed E-state index contributed by atoms with van der Waals surface area (Å²) in [5, 5.41) is 11.4. The number of ether oxygens (including phenoxy) is 2. The standard InChI is InChI=1S/C24H31N5O2/c1-18-14-19(2)29(28-18)23-11-6-5-9-21(23)17-27-24(25-3)26-16-20-8-7-10-22(15-20)31-13-12-30-4/h5-11,14-15H,12-13,16-17H2,1-4H3,(H2,25,26,27). The summed E-state index contributed by atoms with van der Waals surface area (Å²) in [5.41, 5.74) is 5.44. The lowest BCUT2D eigenvalue weighted by atomic mass is 10.1. The van der Waals surface area contributed by atoms with Gasteiger partial charge in [0.15, 0.2) is 5.96 Å². The first-order valence-electron chi connectivity index (χ1n) is 10.4. The highest BCUT2D eigenvalue weighted by atomic mass is 16.5. The van der Waals surface area contributed by atoms with Crippen LogP contribution in [0.15, 0.2) is 59.6 Å². The second kappa shape index (κ2) is 11.2. The average molecular weight is 422 g/mol. The molecular weight excluding hydrogens is 390 g/mol. The molecule has 0 unspecified atom stereocenters. The highest BCUT2D eigenvalue weighted by molar-refractivity contribution is 5.79. The van der Waals surface area contributed by atoms with E-state index >= 15 is 0 Å². The Labute approximate surface area is 184 Å². The van der Waals surface area contributed by atoms with Crippen molar-refractivity contribution in [1.29, 1.82) is 0 Å². The topological polar surface area (TPSA) is 72.7 Å². The van der Waals surface area contributed by atoms with Gasteiger partial charge in [0.25, 0.3) is 0 Å². The molecule has 3 rings (SSSR count). The van der Waals surface area contributed by atoms with Crippen LogP contribution >= 0.6 is 0 Å². The summed E-state index contributed by atoms with van der Waals surface area (Å²) in [6.45, 7) is 6.45. The molecule has 0 amide bonds. The number of aryl methyl sites for hydroxylation is 2. The van der Waals surface area contributed by atoms with Crippen LogP contribution in [0.4, 0.5) is 0 Å². The molecular formula is C24H31N5O2. The Balaban J connectivity index is 1.60. The fourth-order valence-electron chi connectivity index (χ4n) is 3.31. The Bertz CT molecular complexity index is 1010. The van der Waals surface area contributed by atoms with E-state index in [0.29, 0.717) is 26.3 Å². The zero-order valence-corrected chi connectivity index (χ0v) is 18.7. The molecule has 0 saturated heterocycles. The third-order valence-corrected chi connectivity index (χ3v) is 4.81. The van der Waals surface area contributed by atoms with Crippen molar-refractivity contribution in [2.24, 2.45) is 4.99 Å². The van der Waals surface area contributed by atoms with Gasteiger partial charge < -0.3 is 20.1 Å². The molecule has 0 atom stereocenters. The molecule has 1 aromatic heterocycles. The van der Waals surface area contributed by atoms with Gasteiger partial charge in [-0.15, -0.1) is 0 Å². The molecule has 3 aromatic rings. The van der Waals surface area contributed by atoms with E-state index in [4.69, 9.17) is 9.47 Å². The van der Waals surface area contributed by atoms with Gasteiger partial charge in [-0.05, 0) is 49.2 Å². The quantitative estimate of drug-likeness (QED) is 0.315. The van der Waals surface area contributed by atoms with E-state index in [-0.39, 0.29) is 0 Å². The van der Waals surface area contributed by atoms with Crippen LogP contribution in [0.3, 0.4) is 0 Å². The molecule has 0 saturated carbocycles. The first-order valence-corrected chi connectivity index (χ1v) is 10.4. The van der Waals surface area contributed by atoms with Crippen LogP contribution in [0.1, 0.15) is 22.5 Å².